The van der Waals surface area contributed by atoms with E-state index in [1.165, 1.54) is 18.2 Å². The lowest BCUT2D eigenvalue weighted by molar-refractivity contribution is -0.147. The lowest BCUT2D eigenvalue weighted by Gasteiger charge is -2.17. The highest BCUT2D eigenvalue weighted by molar-refractivity contribution is 5.84. The molecule has 0 saturated heterocycles. The zero-order valence-corrected chi connectivity index (χ0v) is 12.4. The molecular weight excluding hydrogens is 304 g/mol. The largest absolute Gasteiger partial charge is 0.466 e. The smallest absolute Gasteiger partial charge is 0.308 e. The van der Waals surface area contributed by atoms with Gasteiger partial charge < -0.3 is 19.4 Å². The molecule has 2 atom stereocenters. The first-order valence-electron chi connectivity index (χ1n) is 7.00. The summed E-state index contributed by atoms with van der Waals surface area (Å²) in [6, 6.07) is 4.24. The van der Waals surface area contributed by atoms with Gasteiger partial charge in [-0.05, 0) is 24.6 Å². The Hall–Kier alpha value is -2.51. The summed E-state index contributed by atoms with van der Waals surface area (Å²) >= 11 is 0. The second kappa shape index (κ2) is 7.17. The van der Waals surface area contributed by atoms with Crippen molar-refractivity contribution in [3.05, 3.63) is 45.8 Å². The monoisotopic (exact) mass is 320 g/mol. The minimum atomic E-state index is -1.39. The van der Waals surface area contributed by atoms with E-state index in [1.54, 1.807) is 6.92 Å². The lowest BCUT2D eigenvalue weighted by Crippen LogP contribution is -2.23. The summed E-state index contributed by atoms with van der Waals surface area (Å²) in [6.45, 7) is 1.81. The number of aliphatic hydroxyl groups is 2. The summed E-state index contributed by atoms with van der Waals surface area (Å²) in [5.74, 6) is -0.636. The average molecular weight is 320 g/mol. The van der Waals surface area contributed by atoms with Gasteiger partial charge in [0, 0.05) is 0 Å². The summed E-state index contributed by atoms with van der Waals surface area (Å²) in [7, 11) is 0. The van der Waals surface area contributed by atoms with Gasteiger partial charge in [0.05, 0.1) is 30.1 Å². The Balaban J connectivity index is 2.32. The minimum Gasteiger partial charge on any atom is -0.466 e. The maximum absolute atomic E-state index is 12.1. The molecule has 122 valence electrons. The third kappa shape index (κ3) is 3.64. The van der Waals surface area contributed by atoms with Crippen LogP contribution in [-0.4, -0.2) is 35.2 Å². The van der Waals surface area contributed by atoms with Gasteiger partial charge in [-0.2, -0.15) is 0 Å². The molecule has 2 aromatic rings. The number of ether oxygens (including phenoxy) is 1. The molecule has 1 aromatic heterocycles. The van der Waals surface area contributed by atoms with Gasteiger partial charge in [-0.3, -0.25) is 14.4 Å². The van der Waals surface area contributed by atoms with Crippen LogP contribution in [0.5, 0.6) is 0 Å². The number of carbonyl (C=O) groups excluding carboxylic acids is 2. The Bertz CT molecular complexity index is 778. The summed E-state index contributed by atoms with van der Waals surface area (Å²) in [6.07, 6.45) is -1.71. The molecule has 0 fully saturated rings. The van der Waals surface area contributed by atoms with Crippen molar-refractivity contribution in [2.24, 2.45) is 0 Å². The number of hydrogen-bond acceptors (Lipinski definition) is 7. The number of aldehydes is 1. The van der Waals surface area contributed by atoms with E-state index in [-0.39, 0.29) is 35.1 Å². The van der Waals surface area contributed by atoms with Crippen LogP contribution in [0.15, 0.2) is 33.7 Å². The van der Waals surface area contributed by atoms with E-state index < -0.39 is 23.6 Å². The highest BCUT2D eigenvalue weighted by atomic mass is 16.5. The molecule has 0 amide bonds. The fourth-order valence-corrected chi connectivity index (χ4v) is 2.15. The number of fused-ring (bicyclic) bond motifs is 1. The Kier molecular flexibility index (Phi) is 5.25. The van der Waals surface area contributed by atoms with Crippen LogP contribution in [0.4, 0.5) is 0 Å². The third-order valence-electron chi connectivity index (χ3n) is 3.34. The van der Waals surface area contributed by atoms with Gasteiger partial charge in [0.15, 0.2) is 6.29 Å². The van der Waals surface area contributed by atoms with Crippen LogP contribution in [0.2, 0.25) is 0 Å². The van der Waals surface area contributed by atoms with E-state index in [1.807, 2.05) is 0 Å². The fourth-order valence-electron chi connectivity index (χ4n) is 2.15. The van der Waals surface area contributed by atoms with E-state index in [2.05, 4.69) is 0 Å². The molecule has 2 rings (SSSR count). The number of rotatable bonds is 6. The first-order chi connectivity index (χ1) is 11.0. The van der Waals surface area contributed by atoms with Gasteiger partial charge in [-0.25, -0.2) is 0 Å². The predicted octanol–water partition coefficient (Wildman–Crippen LogP) is 0.953. The topological polar surface area (TPSA) is 114 Å². The van der Waals surface area contributed by atoms with Crippen LogP contribution < -0.4 is 5.43 Å². The molecule has 7 heteroatoms. The van der Waals surface area contributed by atoms with Crippen molar-refractivity contribution < 1.29 is 29.0 Å². The first kappa shape index (κ1) is 16.9. The van der Waals surface area contributed by atoms with Crippen LogP contribution in [0.3, 0.4) is 0 Å². The molecular formula is C16H16O7. The van der Waals surface area contributed by atoms with Gasteiger partial charge in [-0.1, -0.05) is 6.07 Å². The summed E-state index contributed by atoms with van der Waals surface area (Å²) in [4.78, 5) is 34.2. The number of aliphatic hydroxyl groups excluding tert-OH is 2. The van der Waals surface area contributed by atoms with Crippen molar-refractivity contribution in [1.29, 1.82) is 0 Å². The Morgan fingerprint density at radius 1 is 1.39 bits per heavy atom. The van der Waals surface area contributed by atoms with Crippen molar-refractivity contribution in [1.82, 2.24) is 0 Å². The number of benzene rings is 1. The zero-order valence-electron chi connectivity index (χ0n) is 12.4. The second-order valence-corrected chi connectivity index (χ2v) is 4.91. The summed E-state index contributed by atoms with van der Waals surface area (Å²) < 4.78 is 9.86. The van der Waals surface area contributed by atoms with E-state index in [4.69, 9.17) is 9.15 Å². The number of carbonyl (C=O) groups is 2. The Morgan fingerprint density at radius 3 is 2.78 bits per heavy atom. The molecule has 1 heterocycles. The van der Waals surface area contributed by atoms with Crippen LogP contribution in [0, 0.1) is 0 Å². The zero-order chi connectivity index (χ0) is 17.0. The van der Waals surface area contributed by atoms with Crippen molar-refractivity contribution in [2.75, 3.05) is 6.61 Å². The van der Waals surface area contributed by atoms with E-state index >= 15 is 0 Å². The average Bonchev–Trinajstić information content (AvgIpc) is 2.54. The normalized spacial score (nSPS) is 13.5. The molecule has 0 aliphatic rings. The van der Waals surface area contributed by atoms with Crippen molar-refractivity contribution in [3.63, 3.8) is 0 Å². The summed E-state index contributed by atoms with van der Waals surface area (Å²) in [5, 5.41) is 20.1. The molecule has 0 saturated carbocycles. The van der Waals surface area contributed by atoms with Gasteiger partial charge in [0.2, 0.25) is 5.43 Å². The van der Waals surface area contributed by atoms with E-state index in [0.29, 0.717) is 6.29 Å². The standard InChI is InChI=1S/C16H16O7/c1-2-22-14(19)6-12(18)16(21)9-3-4-13-11(5-9)15(20)10(7-17)8-23-13/h3-5,7-8,12,16,18,21H,2,6H2,1H3. The first-order valence-corrected chi connectivity index (χ1v) is 7.00. The Morgan fingerprint density at radius 2 is 2.13 bits per heavy atom. The molecule has 0 spiro atoms. The van der Waals surface area contributed by atoms with Crippen molar-refractivity contribution in [2.45, 2.75) is 25.6 Å². The van der Waals surface area contributed by atoms with Gasteiger partial charge >= 0.3 is 5.97 Å². The highest BCUT2D eigenvalue weighted by Crippen LogP contribution is 2.23. The van der Waals surface area contributed by atoms with Gasteiger partial charge in [-0.15, -0.1) is 0 Å². The molecule has 2 N–H and O–H groups in total. The second-order valence-electron chi connectivity index (χ2n) is 4.91. The number of esters is 1. The maximum atomic E-state index is 12.1. The van der Waals surface area contributed by atoms with Crippen LogP contribution in [0.1, 0.15) is 35.4 Å². The molecule has 0 aliphatic carbocycles. The third-order valence-corrected chi connectivity index (χ3v) is 3.34. The lowest BCUT2D eigenvalue weighted by atomic mass is 10.00. The van der Waals surface area contributed by atoms with Crippen LogP contribution >= 0.6 is 0 Å². The molecule has 2 unspecified atom stereocenters. The predicted molar refractivity (Wildman–Crippen MR) is 80.1 cm³/mol. The van der Waals surface area contributed by atoms with E-state index in [0.717, 1.165) is 6.26 Å². The van der Waals surface area contributed by atoms with Gasteiger partial charge in [0.1, 0.15) is 18.0 Å². The molecule has 0 aliphatic heterocycles. The molecule has 7 nitrogen and oxygen atoms in total. The quantitative estimate of drug-likeness (QED) is 0.601. The van der Waals surface area contributed by atoms with Crippen LogP contribution in [-0.2, 0) is 9.53 Å². The maximum Gasteiger partial charge on any atom is 0.308 e. The summed E-state index contributed by atoms with van der Waals surface area (Å²) in [5.41, 5.74) is -0.201. The highest BCUT2D eigenvalue weighted by Gasteiger charge is 2.23. The van der Waals surface area contributed by atoms with Gasteiger partial charge in [0.25, 0.3) is 0 Å². The van der Waals surface area contributed by atoms with Crippen LogP contribution in [0.25, 0.3) is 11.0 Å². The van der Waals surface area contributed by atoms with E-state index in [9.17, 15) is 24.6 Å². The molecule has 0 radical (unpaired) electrons. The number of hydrogen-bond donors (Lipinski definition) is 2. The molecule has 23 heavy (non-hydrogen) atoms. The SMILES string of the molecule is CCOC(=O)CC(O)C(O)c1ccc2occ(C=O)c(=O)c2c1. The van der Waals surface area contributed by atoms with Crippen molar-refractivity contribution >= 4 is 23.2 Å². The fraction of sp³-hybridized carbons (Fsp3) is 0.312. The Labute approximate surface area is 131 Å². The molecule has 0 bridgehead atoms. The molecule has 1 aromatic carbocycles. The minimum absolute atomic E-state index is 0.106. The van der Waals surface area contributed by atoms with Crippen molar-refractivity contribution in [3.8, 4) is 0 Å².